The highest BCUT2D eigenvalue weighted by Gasteiger charge is 2.55. The molecule has 0 amide bonds. The highest BCUT2D eigenvalue weighted by atomic mass is 16.8. The number of hydrogen-bond donors (Lipinski definition) is 1. The van der Waals surface area contributed by atoms with Crippen LogP contribution in [0.3, 0.4) is 0 Å². The van der Waals surface area contributed by atoms with Crippen molar-refractivity contribution in [1.29, 1.82) is 0 Å². The fourth-order valence-corrected chi connectivity index (χ4v) is 7.67. The van der Waals surface area contributed by atoms with Crippen LogP contribution in [0.4, 0.5) is 0 Å². The molecule has 0 aromatic carbocycles. The molecule has 0 bridgehead atoms. The van der Waals surface area contributed by atoms with Crippen LogP contribution in [0.5, 0.6) is 0 Å². The van der Waals surface area contributed by atoms with Crippen molar-refractivity contribution in [2.75, 3.05) is 0 Å². The van der Waals surface area contributed by atoms with Crippen molar-refractivity contribution in [1.82, 2.24) is 0 Å². The lowest BCUT2D eigenvalue weighted by Crippen LogP contribution is -2.57. The lowest BCUT2D eigenvalue weighted by atomic mass is 9.48. The maximum atomic E-state index is 11.1. The second kappa shape index (κ2) is 8.99. The number of ether oxygens (including phenoxy) is 4. The fourth-order valence-electron chi connectivity index (χ4n) is 7.67. The van der Waals surface area contributed by atoms with E-state index in [0.29, 0.717) is 22.7 Å². The zero-order chi connectivity index (χ0) is 25.1. The third-order valence-corrected chi connectivity index (χ3v) is 9.63. The summed E-state index contributed by atoms with van der Waals surface area (Å²) in [6, 6.07) is 0. The average Bonchev–Trinajstić information content (AvgIpc) is 3.07. The van der Waals surface area contributed by atoms with E-state index in [2.05, 4.69) is 47.3 Å². The van der Waals surface area contributed by atoms with Crippen molar-refractivity contribution in [3.8, 4) is 0 Å². The minimum Gasteiger partial charge on any atom is -0.385 e. The second-order valence-corrected chi connectivity index (χ2v) is 13.1. The number of aliphatic hydroxyl groups excluding tert-OH is 1. The molecule has 0 aromatic heterocycles. The molecule has 4 aliphatic rings. The van der Waals surface area contributed by atoms with Crippen molar-refractivity contribution in [2.45, 2.75) is 136 Å². The number of allylic oxidation sites excluding steroid dienone is 2. The maximum absolute atomic E-state index is 11.1. The Morgan fingerprint density at radius 3 is 2.53 bits per heavy atom. The van der Waals surface area contributed by atoms with Crippen LogP contribution in [0, 0.1) is 22.7 Å². The van der Waals surface area contributed by atoms with Gasteiger partial charge in [-0.2, -0.15) is 0 Å². The molecule has 9 atom stereocenters. The molecule has 2 saturated heterocycles. The second-order valence-electron chi connectivity index (χ2n) is 13.1. The SMILES string of the molecule is C=C[C@@](C)(CC[C@H]1C(C)=CC[C@H]2C(C)(C)CCC[C@]12C)O[C@@H]1O[C@H](C)[C@@H]2OC(C)(C)O[C@@H]2[C@H]1O. The Balaban J connectivity index is 1.47. The summed E-state index contributed by atoms with van der Waals surface area (Å²) in [5, 5.41) is 11.1. The van der Waals surface area contributed by atoms with Crippen molar-refractivity contribution in [3.63, 3.8) is 0 Å². The Hall–Kier alpha value is -0.720. The molecule has 2 aliphatic heterocycles. The Bertz CT molecular complexity index is 802. The largest absolute Gasteiger partial charge is 0.385 e. The van der Waals surface area contributed by atoms with Crippen LogP contribution in [0.25, 0.3) is 0 Å². The third-order valence-electron chi connectivity index (χ3n) is 9.63. The van der Waals surface area contributed by atoms with Crippen LogP contribution in [-0.2, 0) is 18.9 Å². The predicted octanol–water partition coefficient (Wildman–Crippen LogP) is 6.15. The van der Waals surface area contributed by atoms with Gasteiger partial charge in [0.05, 0.1) is 11.7 Å². The quantitative estimate of drug-likeness (QED) is 0.466. The summed E-state index contributed by atoms with van der Waals surface area (Å²) in [5.41, 5.74) is 1.60. The summed E-state index contributed by atoms with van der Waals surface area (Å²) in [5.74, 6) is 0.499. The number of hydrogen-bond acceptors (Lipinski definition) is 5. The first-order valence-corrected chi connectivity index (χ1v) is 13.4. The summed E-state index contributed by atoms with van der Waals surface area (Å²) in [4.78, 5) is 0. The molecule has 2 aliphatic carbocycles. The Morgan fingerprint density at radius 2 is 1.85 bits per heavy atom. The predicted molar refractivity (Wildman–Crippen MR) is 134 cm³/mol. The Labute approximate surface area is 207 Å². The molecule has 1 N–H and O–H groups in total. The van der Waals surface area contributed by atoms with Gasteiger partial charge in [0.15, 0.2) is 12.1 Å². The van der Waals surface area contributed by atoms with Gasteiger partial charge in [0.25, 0.3) is 0 Å². The minimum atomic E-state index is -0.917. The first-order valence-electron chi connectivity index (χ1n) is 13.4. The van der Waals surface area contributed by atoms with E-state index >= 15 is 0 Å². The van der Waals surface area contributed by atoms with E-state index in [4.69, 9.17) is 18.9 Å². The maximum Gasteiger partial charge on any atom is 0.187 e. The molecule has 3 fully saturated rings. The van der Waals surface area contributed by atoms with Crippen LogP contribution in [0.15, 0.2) is 24.3 Å². The monoisotopic (exact) mass is 476 g/mol. The topological polar surface area (TPSA) is 57.2 Å². The smallest absolute Gasteiger partial charge is 0.187 e. The van der Waals surface area contributed by atoms with Gasteiger partial charge in [-0.3, -0.25) is 0 Å². The van der Waals surface area contributed by atoms with Crippen LogP contribution < -0.4 is 0 Å². The Kier molecular flexibility index (Phi) is 6.96. The molecule has 5 nitrogen and oxygen atoms in total. The number of aliphatic hydroxyl groups is 1. The summed E-state index contributed by atoms with van der Waals surface area (Å²) in [6.07, 6.45) is 8.64. The van der Waals surface area contributed by atoms with Crippen molar-refractivity contribution in [2.24, 2.45) is 22.7 Å². The van der Waals surface area contributed by atoms with E-state index in [-0.39, 0.29) is 12.2 Å². The fraction of sp³-hybridized carbons (Fsp3) is 0.862. The van der Waals surface area contributed by atoms with E-state index in [1.807, 2.05) is 26.8 Å². The van der Waals surface area contributed by atoms with Crippen LogP contribution in [-0.4, -0.2) is 47.2 Å². The van der Waals surface area contributed by atoms with Crippen molar-refractivity contribution in [3.05, 3.63) is 24.3 Å². The van der Waals surface area contributed by atoms with E-state index in [1.54, 1.807) is 0 Å². The highest BCUT2D eigenvalue weighted by Crippen LogP contribution is 2.60. The molecule has 194 valence electrons. The number of fused-ring (bicyclic) bond motifs is 2. The van der Waals surface area contributed by atoms with E-state index in [0.717, 1.165) is 12.8 Å². The van der Waals surface area contributed by atoms with Crippen molar-refractivity contribution >= 4 is 0 Å². The molecular weight excluding hydrogens is 428 g/mol. The molecule has 1 saturated carbocycles. The average molecular weight is 477 g/mol. The van der Waals surface area contributed by atoms with Crippen LogP contribution >= 0.6 is 0 Å². The summed E-state index contributed by atoms with van der Waals surface area (Å²) in [7, 11) is 0. The molecule has 5 heteroatoms. The van der Waals surface area contributed by atoms with E-state index in [9.17, 15) is 5.11 Å². The zero-order valence-electron chi connectivity index (χ0n) is 22.7. The highest BCUT2D eigenvalue weighted by molar-refractivity contribution is 5.18. The van der Waals surface area contributed by atoms with Gasteiger partial charge >= 0.3 is 0 Å². The third kappa shape index (κ3) is 4.68. The summed E-state index contributed by atoms with van der Waals surface area (Å²) < 4.78 is 24.6. The molecule has 0 spiro atoms. The first-order chi connectivity index (χ1) is 15.7. The minimum absolute atomic E-state index is 0.234. The zero-order valence-corrected chi connectivity index (χ0v) is 22.7. The molecule has 0 unspecified atom stereocenters. The molecule has 4 rings (SSSR count). The van der Waals surface area contributed by atoms with Gasteiger partial charge in [-0.25, -0.2) is 0 Å². The van der Waals surface area contributed by atoms with Gasteiger partial charge in [0, 0.05) is 0 Å². The van der Waals surface area contributed by atoms with Crippen LogP contribution in [0.1, 0.15) is 93.9 Å². The van der Waals surface area contributed by atoms with Gasteiger partial charge < -0.3 is 24.1 Å². The van der Waals surface area contributed by atoms with Gasteiger partial charge in [0.2, 0.25) is 0 Å². The molecule has 2 heterocycles. The molecule has 0 radical (unpaired) electrons. The van der Waals surface area contributed by atoms with Gasteiger partial charge in [0.1, 0.15) is 18.3 Å². The van der Waals surface area contributed by atoms with Gasteiger partial charge in [-0.05, 0) is 89.4 Å². The van der Waals surface area contributed by atoms with Gasteiger partial charge in [-0.1, -0.05) is 44.9 Å². The van der Waals surface area contributed by atoms with Crippen LogP contribution in [0.2, 0.25) is 0 Å². The standard InChI is InChI=1S/C29H48O5/c1-10-28(8,34-25-22(30)24-23(19(3)31-25)32-27(6,7)33-24)17-14-20-18(2)12-13-21-26(4,5)15-11-16-29(20,21)9/h10,12,19-25,30H,1,11,13-17H2,2-9H3/t19-,20+,21+,22-,23+,24-,25+,28+,29-/m1/s1. The molecule has 0 aromatic rings. The lowest BCUT2D eigenvalue weighted by Gasteiger charge is -2.57. The van der Waals surface area contributed by atoms with Crippen molar-refractivity contribution < 1.29 is 24.1 Å². The Morgan fingerprint density at radius 1 is 1.18 bits per heavy atom. The summed E-state index contributed by atoms with van der Waals surface area (Å²) in [6.45, 7) is 21.6. The summed E-state index contributed by atoms with van der Waals surface area (Å²) >= 11 is 0. The van der Waals surface area contributed by atoms with E-state index in [1.165, 1.54) is 31.3 Å². The number of rotatable bonds is 6. The first kappa shape index (κ1) is 26.3. The molecule has 34 heavy (non-hydrogen) atoms. The lowest BCUT2D eigenvalue weighted by molar-refractivity contribution is -0.297. The van der Waals surface area contributed by atoms with Gasteiger partial charge in [-0.15, -0.1) is 6.58 Å². The van der Waals surface area contributed by atoms with E-state index < -0.39 is 29.9 Å². The molecular formula is C29H48O5. The normalized spacial score (nSPS) is 45.0.